The average Bonchev–Trinajstić information content (AvgIpc) is 2.99. The van der Waals surface area contributed by atoms with Gasteiger partial charge in [-0.05, 0) is 30.3 Å². The number of benzene rings is 2. The third kappa shape index (κ3) is 3.01. The minimum atomic E-state index is -0.809. The molecule has 3 N–H and O–H groups in total. The fourth-order valence-corrected chi connectivity index (χ4v) is 2.42. The van der Waals surface area contributed by atoms with Gasteiger partial charge in [0.25, 0.3) is 11.8 Å². The number of amides is 2. The van der Waals surface area contributed by atoms with Crippen LogP contribution in [0.3, 0.4) is 0 Å². The molecule has 7 nitrogen and oxygen atoms in total. The second-order valence-electron chi connectivity index (χ2n) is 5.18. The molecule has 25 heavy (non-hydrogen) atoms. The minimum Gasteiger partial charge on any atom is -0.497 e. The molecule has 0 spiro atoms. The summed E-state index contributed by atoms with van der Waals surface area (Å²) in [7, 11) is 1.50. The summed E-state index contributed by atoms with van der Waals surface area (Å²) < 4.78 is 10.6. The number of ether oxygens (including phenoxy) is 1. The molecule has 0 unspecified atom stereocenters. The van der Waals surface area contributed by atoms with Crippen molar-refractivity contribution in [3.05, 3.63) is 59.4 Å². The second kappa shape index (κ2) is 6.37. The van der Waals surface area contributed by atoms with Crippen molar-refractivity contribution in [2.24, 2.45) is 5.73 Å². The highest BCUT2D eigenvalue weighted by molar-refractivity contribution is 6.14. The van der Waals surface area contributed by atoms with Crippen LogP contribution in [0.2, 0.25) is 0 Å². The highest BCUT2D eigenvalue weighted by Crippen LogP contribution is 2.33. The molecule has 0 aliphatic heterocycles. The first-order valence-electron chi connectivity index (χ1n) is 7.25. The van der Waals surface area contributed by atoms with Crippen LogP contribution in [0.4, 0.5) is 5.69 Å². The summed E-state index contributed by atoms with van der Waals surface area (Å²) >= 11 is 0. The van der Waals surface area contributed by atoms with Crippen molar-refractivity contribution in [2.75, 3.05) is 12.4 Å². The van der Waals surface area contributed by atoms with E-state index in [-0.39, 0.29) is 17.0 Å². The summed E-state index contributed by atoms with van der Waals surface area (Å²) in [4.78, 5) is 24.1. The van der Waals surface area contributed by atoms with Crippen LogP contribution in [0, 0.1) is 11.3 Å². The van der Waals surface area contributed by atoms with Crippen molar-refractivity contribution >= 4 is 28.5 Å². The van der Waals surface area contributed by atoms with Gasteiger partial charge in [0.2, 0.25) is 5.76 Å². The van der Waals surface area contributed by atoms with Crippen molar-refractivity contribution in [3.63, 3.8) is 0 Å². The van der Waals surface area contributed by atoms with Gasteiger partial charge in [-0.15, -0.1) is 0 Å². The fourth-order valence-electron chi connectivity index (χ4n) is 2.42. The first kappa shape index (κ1) is 16.1. The molecule has 7 heteroatoms. The predicted molar refractivity (Wildman–Crippen MR) is 90.4 cm³/mol. The number of carbonyl (C=O) groups is 2. The molecule has 0 aliphatic carbocycles. The van der Waals surface area contributed by atoms with Gasteiger partial charge in [-0.1, -0.05) is 6.07 Å². The zero-order valence-electron chi connectivity index (χ0n) is 13.2. The lowest BCUT2D eigenvalue weighted by Gasteiger charge is -2.05. The maximum absolute atomic E-state index is 12.5. The maximum Gasteiger partial charge on any atom is 0.286 e. The molecule has 0 aliphatic rings. The van der Waals surface area contributed by atoms with Crippen LogP contribution in [0.25, 0.3) is 11.0 Å². The Morgan fingerprint density at radius 3 is 2.72 bits per heavy atom. The van der Waals surface area contributed by atoms with Crippen LogP contribution in [-0.2, 0) is 0 Å². The van der Waals surface area contributed by atoms with Gasteiger partial charge in [-0.2, -0.15) is 5.26 Å². The Kier molecular flexibility index (Phi) is 4.10. The van der Waals surface area contributed by atoms with Crippen LogP contribution < -0.4 is 15.8 Å². The van der Waals surface area contributed by atoms with Gasteiger partial charge in [0.05, 0.1) is 18.7 Å². The number of nitrogens with two attached hydrogens (primary N) is 1. The van der Waals surface area contributed by atoms with Gasteiger partial charge >= 0.3 is 0 Å². The van der Waals surface area contributed by atoms with E-state index in [9.17, 15) is 9.59 Å². The van der Waals surface area contributed by atoms with Crippen LogP contribution >= 0.6 is 0 Å². The Morgan fingerprint density at radius 2 is 2.04 bits per heavy atom. The van der Waals surface area contributed by atoms with Crippen molar-refractivity contribution in [3.8, 4) is 11.8 Å². The number of nitrogens with one attached hydrogen (secondary N) is 1. The number of hydrogen-bond donors (Lipinski definition) is 2. The Labute approximate surface area is 142 Å². The fraction of sp³-hybridized carbons (Fsp3) is 0.0556. The first-order valence-corrected chi connectivity index (χ1v) is 7.25. The quantitative estimate of drug-likeness (QED) is 0.760. The minimum absolute atomic E-state index is 0.159. The van der Waals surface area contributed by atoms with E-state index in [2.05, 4.69) is 5.32 Å². The second-order valence-corrected chi connectivity index (χ2v) is 5.18. The lowest BCUT2D eigenvalue weighted by molar-refractivity contribution is 0.0977. The van der Waals surface area contributed by atoms with Crippen LogP contribution in [0.5, 0.6) is 5.75 Å². The lowest BCUT2D eigenvalue weighted by atomic mass is 10.1. The highest BCUT2D eigenvalue weighted by atomic mass is 16.5. The number of methoxy groups -OCH3 is 1. The molecule has 0 saturated carbocycles. The summed E-state index contributed by atoms with van der Waals surface area (Å²) in [6, 6.07) is 13.1. The van der Waals surface area contributed by atoms with E-state index in [4.69, 9.17) is 20.1 Å². The zero-order chi connectivity index (χ0) is 18.0. The predicted octanol–water partition coefficient (Wildman–Crippen LogP) is 2.66. The number of rotatable bonds is 4. The molecule has 2 amide bonds. The van der Waals surface area contributed by atoms with Gasteiger partial charge in [0.15, 0.2) is 0 Å². The van der Waals surface area contributed by atoms with Crippen molar-refractivity contribution < 1.29 is 18.7 Å². The normalized spacial score (nSPS) is 10.2. The largest absolute Gasteiger partial charge is 0.497 e. The number of hydrogen-bond acceptors (Lipinski definition) is 5. The smallest absolute Gasteiger partial charge is 0.286 e. The van der Waals surface area contributed by atoms with Crippen molar-refractivity contribution in [1.29, 1.82) is 5.26 Å². The monoisotopic (exact) mass is 335 g/mol. The summed E-state index contributed by atoms with van der Waals surface area (Å²) in [5.74, 6) is -0.917. The molecule has 124 valence electrons. The Hall–Kier alpha value is -3.79. The third-order valence-corrected chi connectivity index (χ3v) is 3.61. The molecule has 2 aromatic carbocycles. The van der Waals surface area contributed by atoms with E-state index >= 15 is 0 Å². The molecule has 3 aromatic rings. The number of carbonyl (C=O) groups excluding carboxylic acids is 2. The number of anilines is 1. The van der Waals surface area contributed by atoms with E-state index in [0.29, 0.717) is 22.3 Å². The number of fused-ring (bicyclic) bond motifs is 1. The third-order valence-electron chi connectivity index (χ3n) is 3.61. The summed E-state index contributed by atoms with van der Waals surface area (Å²) in [5.41, 5.74) is 6.51. The van der Waals surface area contributed by atoms with E-state index in [1.807, 2.05) is 6.07 Å². The summed E-state index contributed by atoms with van der Waals surface area (Å²) in [6.45, 7) is 0. The Morgan fingerprint density at radius 1 is 1.24 bits per heavy atom. The topological polar surface area (TPSA) is 118 Å². The van der Waals surface area contributed by atoms with E-state index in [1.54, 1.807) is 36.4 Å². The van der Waals surface area contributed by atoms with E-state index in [0.717, 1.165) is 0 Å². The van der Waals surface area contributed by atoms with Gasteiger partial charge in [-0.3, -0.25) is 9.59 Å². The molecule has 1 heterocycles. The van der Waals surface area contributed by atoms with E-state index < -0.39 is 11.8 Å². The summed E-state index contributed by atoms with van der Waals surface area (Å²) in [5, 5.41) is 12.1. The van der Waals surface area contributed by atoms with Crippen LogP contribution in [-0.4, -0.2) is 18.9 Å². The lowest BCUT2D eigenvalue weighted by Crippen LogP contribution is -2.17. The Balaban J connectivity index is 2.05. The number of nitriles is 1. The molecule has 0 saturated heterocycles. The average molecular weight is 335 g/mol. The molecule has 0 fully saturated rings. The van der Waals surface area contributed by atoms with Gasteiger partial charge in [-0.25, -0.2) is 0 Å². The molecule has 0 bridgehead atoms. The van der Waals surface area contributed by atoms with Gasteiger partial charge in [0.1, 0.15) is 17.0 Å². The maximum atomic E-state index is 12.5. The van der Waals surface area contributed by atoms with Crippen molar-refractivity contribution in [2.45, 2.75) is 0 Å². The standard InChI is InChI=1S/C18H13N3O4/c1-24-12-5-6-13-14(8-12)25-16(17(20)22)15(13)21-18(23)11-4-2-3-10(7-11)9-19/h2-8H,1H3,(H2,20,22)(H,21,23). The first-order chi connectivity index (χ1) is 12.0. The molecule has 1 aromatic heterocycles. The van der Waals surface area contributed by atoms with Crippen molar-refractivity contribution in [1.82, 2.24) is 0 Å². The number of nitrogens with zero attached hydrogens (tertiary/aromatic N) is 1. The molecular formula is C18H13N3O4. The zero-order valence-corrected chi connectivity index (χ0v) is 13.2. The van der Waals surface area contributed by atoms with Gasteiger partial charge in [0, 0.05) is 17.0 Å². The SMILES string of the molecule is COc1ccc2c(NC(=O)c3cccc(C#N)c3)c(C(N)=O)oc2c1. The number of furan rings is 1. The highest BCUT2D eigenvalue weighted by Gasteiger charge is 2.21. The van der Waals surface area contributed by atoms with Crippen LogP contribution in [0.1, 0.15) is 26.5 Å². The molecule has 3 rings (SSSR count). The van der Waals surface area contributed by atoms with E-state index in [1.165, 1.54) is 13.2 Å². The molecule has 0 atom stereocenters. The van der Waals surface area contributed by atoms with Crippen LogP contribution in [0.15, 0.2) is 46.9 Å². The molecule has 0 radical (unpaired) electrons. The molecular weight excluding hydrogens is 322 g/mol. The summed E-state index contributed by atoms with van der Waals surface area (Å²) in [6.07, 6.45) is 0. The number of primary amides is 1. The van der Waals surface area contributed by atoms with Gasteiger partial charge < -0.3 is 20.2 Å². The Bertz CT molecular complexity index is 1030.